The van der Waals surface area contributed by atoms with E-state index < -0.39 is 0 Å². The Morgan fingerprint density at radius 2 is 1.95 bits per heavy atom. The van der Waals surface area contributed by atoms with Crippen LogP contribution in [-0.4, -0.2) is 37.7 Å². The predicted octanol–water partition coefficient (Wildman–Crippen LogP) is 1.59. The maximum absolute atomic E-state index is 12.3. The fourth-order valence-corrected chi connectivity index (χ4v) is 3.39. The first-order chi connectivity index (χ1) is 9.85. The zero-order valence-electron chi connectivity index (χ0n) is 13.1. The highest BCUT2D eigenvalue weighted by Gasteiger charge is 2.27. The van der Waals surface area contributed by atoms with Gasteiger partial charge in [0.1, 0.15) is 25.3 Å². The molecule has 2 N–H and O–H groups in total. The van der Waals surface area contributed by atoms with Gasteiger partial charge in [-0.05, 0) is 44.9 Å². The van der Waals surface area contributed by atoms with Crippen LogP contribution in [0.2, 0.25) is 5.02 Å². The minimum atomic E-state index is 0.000142. The number of hydrogen-bond acceptors (Lipinski definition) is 2. The molecule has 1 aliphatic rings. The summed E-state index contributed by atoms with van der Waals surface area (Å²) in [5.41, 5.74) is 2.81. The molecule has 2 rings (SSSR count). The molecule has 0 bridgehead atoms. The van der Waals surface area contributed by atoms with Gasteiger partial charge in [0.25, 0.3) is 5.91 Å². The van der Waals surface area contributed by atoms with E-state index in [4.69, 9.17) is 16.3 Å². The Morgan fingerprint density at radius 1 is 1.33 bits per heavy atom. The molecule has 1 aromatic rings. The van der Waals surface area contributed by atoms with Crippen LogP contribution in [0.4, 0.5) is 5.69 Å². The third-order valence-corrected chi connectivity index (χ3v) is 4.02. The lowest BCUT2D eigenvalue weighted by Gasteiger charge is -2.32. The summed E-state index contributed by atoms with van der Waals surface area (Å²) in [6, 6.07) is 3.89. The lowest BCUT2D eigenvalue weighted by Crippen LogP contribution is -3.16. The predicted molar refractivity (Wildman–Crippen MR) is 85.1 cm³/mol. The Bertz CT molecular complexity index is 500. The molecule has 4 nitrogen and oxygen atoms in total. The maximum atomic E-state index is 12.3. The number of morpholine rings is 1. The number of nitrogens with one attached hydrogen (secondary N) is 2. The second-order valence-electron chi connectivity index (χ2n) is 6.08. The van der Waals surface area contributed by atoms with Gasteiger partial charge in [0.2, 0.25) is 0 Å². The molecular weight excluding hydrogens is 288 g/mol. The van der Waals surface area contributed by atoms with Crippen LogP contribution in [0.15, 0.2) is 12.1 Å². The van der Waals surface area contributed by atoms with E-state index in [1.54, 1.807) is 0 Å². The fraction of sp³-hybridized carbons (Fsp3) is 0.562. The van der Waals surface area contributed by atoms with Crippen LogP contribution in [0.3, 0.4) is 0 Å². The van der Waals surface area contributed by atoms with Gasteiger partial charge in [0, 0.05) is 0 Å². The van der Waals surface area contributed by atoms with E-state index in [2.05, 4.69) is 19.2 Å². The van der Waals surface area contributed by atoms with Gasteiger partial charge in [-0.2, -0.15) is 0 Å². The molecule has 2 atom stereocenters. The van der Waals surface area contributed by atoms with E-state index in [1.165, 1.54) is 4.90 Å². The molecule has 1 aromatic carbocycles. The highest BCUT2D eigenvalue weighted by Crippen LogP contribution is 2.27. The second-order valence-corrected chi connectivity index (χ2v) is 6.49. The summed E-state index contributed by atoms with van der Waals surface area (Å²) >= 11 is 6.23. The lowest BCUT2D eigenvalue weighted by atomic mass is 10.1. The number of carbonyl (C=O) groups is 1. The van der Waals surface area contributed by atoms with E-state index in [-0.39, 0.29) is 18.1 Å². The van der Waals surface area contributed by atoms with E-state index in [1.807, 2.05) is 26.0 Å². The molecule has 1 saturated heterocycles. The monoisotopic (exact) mass is 311 g/mol. The highest BCUT2D eigenvalue weighted by atomic mass is 35.5. The Balaban J connectivity index is 1.99. The Labute approximate surface area is 131 Å². The van der Waals surface area contributed by atoms with Crippen molar-refractivity contribution < 1.29 is 14.4 Å². The van der Waals surface area contributed by atoms with E-state index >= 15 is 0 Å². The van der Waals surface area contributed by atoms with Gasteiger partial charge < -0.3 is 15.0 Å². The molecule has 0 saturated carbocycles. The Morgan fingerprint density at radius 3 is 2.52 bits per heavy atom. The number of hydrogen-bond donors (Lipinski definition) is 2. The Kier molecular flexibility index (Phi) is 5.25. The number of aryl methyl sites for hydroxylation is 2. The molecule has 1 amide bonds. The molecule has 116 valence electrons. The van der Waals surface area contributed by atoms with Crippen molar-refractivity contribution in [3.8, 4) is 0 Å². The van der Waals surface area contributed by atoms with Crippen molar-refractivity contribution in [2.24, 2.45) is 0 Å². The van der Waals surface area contributed by atoms with E-state index in [0.29, 0.717) is 11.6 Å². The standard InChI is InChI=1S/C16H23ClN2O2/c1-10-5-11(2)16(14(17)6-10)18-15(20)9-19-7-12(3)21-13(4)8-19/h5-6,12-13H,7-9H2,1-4H3,(H,18,20)/p+1/t12-,13-/m0/s1. The van der Waals surface area contributed by atoms with Gasteiger partial charge in [-0.15, -0.1) is 0 Å². The quantitative estimate of drug-likeness (QED) is 0.890. The van der Waals surface area contributed by atoms with Gasteiger partial charge in [-0.1, -0.05) is 17.7 Å². The maximum Gasteiger partial charge on any atom is 0.279 e. The van der Waals surface area contributed by atoms with E-state index in [9.17, 15) is 4.79 Å². The first-order valence-electron chi connectivity index (χ1n) is 7.40. The normalized spacial score (nSPS) is 25.7. The van der Waals surface area contributed by atoms with Gasteiger partial charge in [-0.3, -0.25) is 4.79 Å². The number of benzene rings is 1. The van der Waals surface area contributed by atoms with Crippen LogP contribution in [0.1, 0.15) is 25.0 Å². The summed E-state index contributed by atoms with van der Waals surface area (Å²) < 4.78 is 5.69. The van der Waals surface area contributed by atoms with E-state index in [0.717, 1.165) is 29.9 Å². The van der Waals surface area contributed by atoms with Crippen LogP contribution >= 0.6 is 11.6 Å². The molecule has 0 spiro atoms. The average molecular weight is 312 g/mol. The SMILES string of the molecule is Cc1cc(C)c(NC(=O)C[NH+]2C[C@H](C)O[C@@H](C)C2)c(Cl)c1. The third kappa shape index (κ3) is 4.43. The van der Waals surface area contributed by atoms with Crippen molar-refractivity contribution in [2.45, 2.75) is 39.9 Å². The summed E-state index contributed by atoms with van der Waals surface area (Å²) in [6.45, 7) is 10.2. The average Bonchev–Trinajstić information content (AvgIpc) is 2.32. The first-order valence-corrected chi connectivity index (χ1v) is 7.78. The van der Waals surface area contributed by atoms with Crippen molar-refractivity contribution in [3.63, 3.8) is 0 Å². The number of rotatable bonds is 3. The van der Waals surface area contributed by atoms with Gasteiger partial charge in [-0.25, -0.2) is 0 Å². The number of anilines is 1. The molecule has 0 aliphatic carbocycles. The number of quaternary nitrogens is 1. The van der Waals surface area contributed by atoms with Gasteiger partial charge >= 0.3 is 0 Å². The van der Waals surface area contributed by atoms with Crippen molar-refractivity contribution in [1.82, 2.24) is 0 Å². The second kappa shape index (κ2) is 6.77. The van der Waals surface area contributed by atoms with Crippen molar-refractivity contribution in [3.05, 3.63) is 28.3 Å². The zero-order valence-corrected chi connectivity index (χ0v) is 13.9. The van der Waals surface area contributed by atoms with Crippen molar-refractivity contribution >= 4 is 23.2 Å². The van der Waals surface area contributed by atoms with Crippen molar-refractivity contribution in [2.75, 3.05) is 25.0 Å². The van der Waals surface area contributed by atoms with Crippen LogP contribution < -0.4 is 10.2 Å². The van der Waals surface area contributed by atoms with Crippen LogP contribution in [0, 0.1) is 13.8 Å². The molecule has 0 unspecified atom stereocenters. The molecule has 21 heavy (non-hydrogen) atoms. The smallest absolute Gasteiger partial charge is 0.279 e. The number of halogens is 1. The summed E-state index contributed by atoms with van der Waals surface area (Å²) in [5.74, 6) is 0.000142. The lowest BCUT2D eigenvalue weighted by molar-refractivity contribution is -0.907. The zero-order chi connectivity index (χ0) is 15.6. The summed E-state index contributed by atoms with van der Waals surface area (Å²) in [5, 5.41) is 3.55. The topological polar surface area (TPSA) is 42.8 Å². The van der Waals surface area contributed by atoms with Crippen molar-refractivity contribution in [1.29, 1.82) is 0 Å². The largest absolute Gasteiger partial charge is 0.364 e. The number of carbonyl (C=O) groups excluding carboxylic acids is 1. The summed E-state index contributed by atoms with van der Waals surface area (Å²) in [4.78, 5) is 13.5. The molecule has 1 heterocycles. The van der Waals surface area contributed by atoms with Gasteiger partial charge in [0.15, 0.2) is 6.54 Å². The van der Waals surface area contributed by atoms with Crippen LogP contribution in [-0.2, 0) is 9.53 Å². The Hall–Kier alpha value is -1.10. The fourth-order valence-electron chi connectivity index (χ4n) is 3.02. The summed E-state index contributed by atoms with van der Waals surface area (Å²) in [6.07, 6.45) is 0.391. The number of ether oxygens (including phenoxy) is 1. The first kappa shape index (κ1) is 16.3. The minimum Gasteiger partial charge on any atom is -0.364 e. The third-order valence-electron chi connectivity index (χ3n) is 3.72. The molecule has 0 aromatic heterocycles. The van der Waals surface area contributed by atoms with Crippen LogP contribution in [0.5, 0.6) is 0 Å². The minimum absolute atomic E-state index is 0.000142. The molecular formula is C16H24ClN2O2+. The van der Waals surface area contributed by atoms with Crippen LogP contribution in [0.25, 0.3) is 0 Å². The molecule has 1 aliphatic heterocycles. The number of amides is 1. The molecule has 1 fully saturated rings. The molecule has 0 radical (unpaired) electrons. The molecule has 5 heteroatoms. The summed E-state index contributed by atoms with van der Waals surface area (Å²) in [7, 11) is 0. The van der Waals surface area contributed by atoms with Gasteiger partial charge in [0.05, 0.1) is 10.7 Å². The highest BCUT2D eigenvalue weighted by molar-refractivity contribution is 6.34.